The highest BCUT2D eigenvalue weighted by Crippen LogP contribution is 2.38. The molecule has 9 nitrogen and oxygen atoms in total. The topological polar surface area (TPSA) is 138 Å². The van der Waals surface area contributed by atoms with Crippen LogP contribution in [0.2, 0.25) is 0 Å². The number of rotatable bonds is 6. The van der Waals surface area contributed by atoms with Gasteiger partial charge in [0.2, 0.25) is 5.75 Å². The van der Waals surface area contributed by atoms with Crippen LogP contribution in [-0.4, -0.2) is 25.1 Å². The van der Waals surface area contributed by atoms with E-state index in [9.17, 15) is 25.4 Å². The molecule has 1 N–H and O–H groups in total. The molecule has 0 atom stereocenters. The van der Waals surface area contributed by atoms with E-state index in [0.717, 1.165) is 36.1 Å². The molecule has 0 aliphatic heterocycles. The number of aryl methyl sites for hydroxylation is 1. The third-order valence-electron chi connectivity index (χ3n) is 4.90. The molecule has 0 unspecified atom stereocenters. The highest BCUT2D eigenvalue weighted by Gasteiger charge is 2.24. The Bertz CT molecular complexity index is 1170. The van der Waals surface area contributed by atoms with Gasteiger partial charge in [-0.2, -0.15) is 10.5 Å². The molecule has 1 aliphatic carbocycles. The number of hydrogen-bond acceptors (Lipinski definition) is 8. The van der Waals surface area contributed by atoms with Crippen LogP contribution in [0.4, 0.5) is 10.7 Å². The van der Waals surface area contributed by atoms with Gasteiger partial charge in [0, 0.05) is 22.6 Å². The third kappa shape index (κ3) is 4.34. The number of methoxy groups -OCH3 is 2. The van der Waals surface area contributed by atoms with Gasteiger partial charge >= 0.3 is 5.69 Å². The number of nitro benzene ring substituents is 1. The lowest BCUT2D eigenvalue weighted by Gasteiger charge is -2.09. The molecule has 0 radical (unpaired) electrons. The lowest BCUT2D eigenvalue weighted by molar-refractivity contribution is -0.385. The second-order valence-electron chi connectivity index (χ2n) is 6.67. The van der Waals surface area contributed by atoms with Gasteiger partial charge in [0.1, 0.15) is 28.5 Å². The maximum atomic E-state index is 12.8. The third-order valence-corrected chi connectivity index (χ3v) is 6.11. The van der Waals surface area contributed by atoms with Gasteiger partial charge in [0.15, 0.2) is 0 Å². The number of thiophene rings is 1. The second-order valence-corrected chi connectivity index (χ2v) is 7.78. The first kappa shape index (κ1) is 21.8. The molecule has 0 fully saturated rings. The number of nitro groups is 1. The molecule has 1 aromatic heterocycles. The van der Waals surface area contributed by atoms with Gasteiger partial charge < -0.3 is 14.8 Å². The molecular formula is C21H18N4O5S. The maximum Gasteiger partial charge on any atom is 0.311 e. The van der Waals surface area contributed by atoms with E-state index in [4.69, 9.17) is 9.47 Å². The molecule has 0 saturated heterocycles. The number of hydrogen-bond donors (Lipinski definition) is 1. The average molecular weight is 438 g/mol. The van der Waals surface area contributed by atoms with Crippen LogP contribution in [0.15, 0.2) is 17.7 Å². The Kier molecular flexibility index (Phi) is 6.53. The Morgan fingerprint density at radius 3 is 2.55 bits per heavy atom. The molecule has 0 spiro atoms. The fourth-order valence-electron chi connectivity index (χ4n) is 3.41. The van der Waals surface area contributed by atoms with Gasteiger partial charge in [-0.05, 0) is 37.3 Å². The molecule has 10 heteroatoms. The molecule has 1 aliphatic rings. The first-order chi connectivity index (χ1) is 14.9. The number of carbonyl (C=O) groups is 1. The Balaban J connectivity index is 1.98. The van der Waals surface area contributed by atoms with E-state index < -0.39 is 10.8 Å². The van der Waals surface area contributed by atoms with Gasteiger partial charge in [-0.25, -0.2) is 0 Å². The van der Waals surface area contributed by atoms with E-state index in [1.807, 2.05) is 6.07 Å². The number of nitriles is 2. The maximum absolute atomic E-state index is 12.8. The highest BCUT2D eigenvalue weighted by atomic mass is 32.1. The Morgan fingerprint density at radius 1 is 1.23 bits per heavy atom. The summed E-state index contributed by atoms with van der Waals surface area (Å²) in [7, 11) is 2.65. The summed E-state index contributed by atoms with van der Waals surface area (Å²) in [4.78, 5) is 24.5. The Labute approximate surface area is 182 Å². The van der Waals surface area contributed by atoms with E-state index in [1.54, 1.807) is 0 Å². The first-order valence-corrected chi connectivity index (χ1v) is 10.1. The number of nitrogens with zero attached hydrogens (tertiary/aromatic N) is 3. The van der Waals surface area contributed by atoms with Crippen molar-refractivity contribution in [1.82, 2.24) is 0 Å². The molecule has 2 aromatic rings. The van der Waals surface area contributed by atoms with Crippen LogP contribution < -0.4 is 14.8 Å². The Morgan fingerprint density at radius 2 is 1.94 bits per heavy atom. The van der Waals surface area contributed by atoms with Crippen LogP contribution in [0.25, 0.3) is 6.08 Å². The summed E-state index contributed by atoms with van der Waals surface area (Å²) in [6, 6.07) is 6.45. The van der Waals surface area contributed by atoms with Crippen molar-refractivity contribution in [2.45, 2.75) is 25.7 Å². The summed E-state index contributed by atoms with van der Waals surface area (Å²) in [5.41, 5.74) is 0.956. The van der Waals surface area contributed by atoms with Gasteiger partial charge in [-0.15, -0.1) is 11.3 Å². The zero-order valence-corrected chi connectivity index (χ0v) is 17.7. The standard InChI is InChI=1S/C21H18N4O5S/c1-29-17-9-18(30-2)16(25(27)28)8-12(17)7-13(10-22)20(26)24-21-15(11-23)14-5-3-4-6-19(14)31-21/h7-9H,3-6H2,1-2H3,(H,24,26)/b13-7+. The van der Waals surface area contributed by atoms with Crippen molar-refractivity contribution in [2.24, 2.45) is 0 Å². The van der Waals surface area contributed by atoms with Crippen molar-refractivity contribution >= 4 is 34.0 Å². The molecule has 1 amide bonds. The molecule has 31 heavy (non-hydrogen) atoms. The molecule has 1 heterocycles. The number of fused-ring (bicyclic) bond motifs is 1. The smallest absolute Gasteiger partial charge is 0.311 e. The van der Waals surface area contributed by atoms with Gasteiger partial charge in [-0.3, -0.25) is 14.9 Å². The van der Waals surface area contributed by atoms with Gasteiger partial charge in [0.05, 0.1) is 24.7 Å². The average Bonchev–Trinajstić information content (AvgIpc) is 3.13. The predicted octanol–water partition coefficient (Wildman–Crippen LogP) is 3.97. The van der Waals surface area contributed by atoms with Crippen LogP contribution >= 0.6 is 11.3 Å². The minimum Gasteiger partial charge on any atom is -0.496 e. The summed E-state index contributed by atoms with van der Waals surface area (Å²) >= 11 is 1.35. The summed E-state index contributed by atoms with van der Waals surface area (Å²) < 4.78 is 10.2. The summed E-state index contributed by atoms with van der Waals surface area (Å²) in [5, 5.41) is 33.5. The molecule has 1 aromatic carbocycles. The van der Waals surface area contributed by atoms with Crippen LogP contribution in [-0.2, 0) is 17.6 Å². The number of amides is 1. The number of carbonyl (C=O) groups excluding carboxylic acids is 1. The van der Waals surface area contributed by atoms with Crippen molar-refractivity contribution < 1.29 is 19.2 Å². The van der Waals surface area contributed by atoms with Gasteiger partial charge in [0.25, 0.3) is 5.91 Å². The lowest BCUT2D eigenvalue weighted by Crippen LogP contribution is -2.13. The molecule has 0 saturated carbocycles. The van der Waals surface area contributed by atoms with Crippen molar-refractivity contribution in [1.29, 1.82) is 10.5 Å². The number of anilines is 1. The number of benzene rings is 1. The van der Waals surface area contributed by atoms with Crippen LogP contribution in [0.1, 0.15) is 34.4 Å². The van der Waals surface area contributed by atoms with E-state index in [1.165, 1.54) is 43.8 Å². The normalized spacial score (nSPS) is 12.8. The van der Waals surface area contributed by atoms with Crippen molar-refractivity contribution in [3.63, 3.8) is 0 Å². The largest absolute Gasteiger partial charge is 0.496 e. The quantitative estimate of drug-likeness (QED) is 0.312. The van der Waals surface area contributed by atoms with Crippen molar-refractivity contribution in [3.8, 4) is 23.6 Å². The fraction of sp³-hybridized carbons (Fsp3) is 0.286. The zero-order valence-electron chi connectivity index (χ0n) is 16.9. The van der Waals surface area contributed by atoms with E-state index in [-0.39, 0.29) is 28.3 Å². The van der Waals surface area contributed by atoms with Crippen molar-refractivity contribution in [3.05, 3.63) is 49.4 Å². The SMILES string of the molecule is COc1cc(OC)c([N+](=O)[O-])cc1/C=C(\C#N)C(=O)Nc1sc2c(c1C#N)CCCC2. The van der Waals surface area contributed by atoms with E-state index >= 15 is 0 Å². The first-order valence-electron chi connectivity index (χ1n) is 9.31. The van der Waals surface area contributed by atoms with Gasteiger partial charge in [-0.1, -0.05) is 0 Å². The lowest BCUT2D eigenvalue weighted by atomic mass is 9.96. The molecule has 158 valence electrons. The van der Waals surface area contributed by atoms with Crippen molar-refractivity contribution in [2.75, 3.05) is 19.5 Å². The Hall–Kier alpha value is -3.89. The summed E-state index contributed by atoms with van der Waals surface area (Å²) in [6.45, 7) is 0. The molecule has 3 rings (SSSR count). The number of nitrogens with one attached hydrogen (secondary N) is 1. The minimum atomic E-state index is -0.710. The zero-order chi connectivity index (χ0) is 22.5. The molecule has 0 bridgehead atoms. The van der Waals surface area contributed by atoms with Crippen LogP contribution in [0, 0.1) is 32.8 Å². The van der Waals surface area contributed by atoms with E-state index in [0.29, 0.717) is 10.6 Å². The van der Waals surface area contributed by atoms with Crippen LogP contribution in [0.5, 0.6) is 11.5 Å². The fourth-order valence-corrected chi connectivity index (χ4v) is 4.64. The highest BCUT2D eigenvalue weighted by molar-refractivity contribution is 7.16. The summed E-state index contributed by atoms with van der Waals surface area (Å²) in [5.74, 6) is -0.518. The minimum absolute atomic E-state index is 0.00946. The second kappa shape index (κ2) is 9.28. The van der Waals surface area contributed by atoms with Crippen LogP contribution in [0.3, 0.4) is 0 Å². The van der Waals surface area contributed by atoms with E-state index in [2.05, 4.69) is 11.4 Å². The molecular weight excluding hydrogens is 420 g/mol. The number of ether oxygens (including phenoxy) is 2. The summed E-state index contributed by atoms with van der Waals surface area (Å²) in [6.07, 6.45) is 4.88. The predicted molar refractivity (Wildman–Crippen MR) is 114 cm³/mol. The monoisotopic (exact) mass is 438 g/mol.